The Kier molecular flexibility index (Phi) is 5.76. The molecule has 1 atom stereocenters. The molecule has 1 aliphatic carbocycles. The molecule has 0 spiro atoms. The Balaban J connectivity index is 1.53. The summed E-state index contributed by atoms with van der Waals surface area (Å²) in [6.07, 6.45) is 0.0817. The van der Waals surface area contributed by atoms with Crippen molar-refractivity contribution in [1.82, 2.24) is 9.78 Å². The molecule has 0 radical (unpaired) electrons. The van der Waals surface area contributed by atoms with Gasteiger partial charge in [0.05, 0.1) is 17.2 Å². The van der Waals surface area contributed by atoms with Gasteiger partial charge in [0.1, 0.15) is 11.6 Å². The van der Waals surface area contributed by atoms with E-state index in [-0.39, 0.29) is 30.1 Å². The Morgan fingerprint density at radius 3 is 2.45 bits per heavy atom. The van der Waals surface area contributed by atoms with Crippen molar-refractivity contribution in [3.05, 3.63) is 71.6 Å². The van der Waals surface area contributed by atoms with E-state index in [0.717, 1.165) is 24.6 Å². The van der Waals surface area contributed by atoms with E-state index in [9.17, 15) is 26.7 Å². The third-order valence-electron chi connectivity index (χ3n) is 6.18. The van der Waals surface area contributed by atoms with E-state index < -0.39 is 34.7 Å². The fourth-order valence-corrected chi connectivity index (χ4v) is 3.81. The highest BCUT2D eigenvalue weighted by atomic mass is 19.4. The third-order valence-corrected chi connectivity index (χ3v) is 6.18. The van der Waals surface area contributed by atoms with Crippen molar-refractivity contribution < 1.29 is 26.7 Å². The molecule has 174 valence electrons. The van der Waals surface area contributed by atoms with Gasteiger partial charge < -0.3 is 5.32 Å². The molecule has 0 unspecified atom stereocenters. The zero-order chi connectivity index (χ0) is 24.0. The van der Waals surface area contributed by atoms with Gasteiger partial charge in [-0.3, -0.25) is 9.48 Å². The first-order chi connectivity index (χ1) is 15.5. The Morgan fingerprint density at radius 2 is 1.88 bits per heavy atom. The minimum Gasteiger partial charge on any atom is -0.325 e. The number of amides is 1. The van der Waals surface area contributed by atoms with Crippen molar-refractivity contribution in [3.63, 3.8) is 0 Å². The summed E-state index contributed by atoms with van der Waals surface area (Å²) in [5.41, 5.74) is -1.39. The number of benzene rings is 2. The van der Waals surface area contributed by atoms with Crippen LogP contribution in [0.1, 0.15) is 50.3 Å². The fraction of sp³-hybridized carbons (Fsp3) is 0.333. The van der Waals surface area contributed by atoms with Crippen LogP contribution in [0.3, 0.4) is 0 Å². The lowest BCUT2D eigenvalue weighted by atomic mass is 9.93. The monoisotopic (exact) mass is 463 g/mol. The van der Waals surface area contributed by atoms with Gasteiger partial charge in [-0.1, -0.05) is 13.0 Å². The second kappa shape index (κ2) is 8.28. The summed E-state index contributed by atoms with van der Waals surface area (Å²) in [7, 11) is 0. The summed E-state index contributed by atoms with van der Waals surface area (Å²) in [5.74, 6) is -2.24. The summed E-state index contributed by atoms with van der Waals surface area (Å²) >= 11 is 0. The van der Waals surface area contributed by atoms with E-state index in [1.165, 1.54) is 12.1 Å². The van der Waals surface area contributed by atoms with Crippen LogP contribution >= 0.6 is 0 Å². The van der Waals surface area contributed by atoms with Gasteiger partial charge in [0, 0.05) is 34.6 Å². The topological polar surface area (TPSA) is 46.9 Å². The van der Waals surface area contributed by atoms with Crippen LogP contribution in [0.2, 0.25) is 0 Å². The standard InChI is InChI=1S/C24H22F5N3O/c1-3-14(2)32-13-15(12-30-32)18-6-5-17(11-20(18)25)31-22(33)23(8-9-23)19-7-4-16(10-21(19)26)24(27,28)29/h4-7,10-14H,3,8-9H2,1-2H3,(H,31,33)/t14-/m1/s1. The van der Waals surface area contributed by atoms with Crippen LogP contribution in [-0.2, 0) is 16.4 Å². The van der Waals surface area contributed by atoms with Gasteiger partial charge in [-0.25, -0.2) is 8.78 Å². The molecular weight excluding hydrogens is 441 g/mol. The number of carbonyl (C=O) groups is 1. The maximum Gasteiger partial charge on any atom is 0.416 e. The second-order valence-corrected chi connectivity index (χ2v) is 8.39. The number of hydrogen-bond donors (Lipinski definition) is 1. The minimum absolute atomic E-state index is 0.0949. The van der Waals surface area contributed by atoms with Gasteiger partial charge in [-0.2, -0.15) is 18.3 Å². The molecule has 1 heterocycles. The van der Waals surface area contributed by atoms with Gasteiger partial charge in [-0.15, -0.1) is 0 Å². The molecule has 1 saturated carbocycles. The smallest absolute Gasteiger partial charge is 0.325 e. The van der Waals surface area contributed by atoms with E-state index in [2.05, 4.69) is 10.4 Å². The summed E-state index contributed by atoms with van der Waals surface area (Å²) in [4.78, 5) is 12.9. The van der Waals surface area contributed by atoms with E-state index in [1.54, 1.807) is 17.1 Å². The van der Waals surface area contributed by atoms with Crippen molar-refractivity contribution in [2.45, 2.75) is 50.7 Å². The lowest BCUT2D eigenvalue weighted by Gasteiger charge is -2.18. The zero-order valence-electron chi connectivity index (χ0n) is 18.0. The number of alkyl halides is 3. The average Bonchev–Trinajstić information content (AvgIpc) is 3.42. The predicted molar refractivity (Wildman–Crippen MR) is 114 cm³/mol. The summed E-state index contributed by atoms with van der Waals surface area (Å²) < 4.78 is 69.5. The number of rotatable bonds is 6. The maximum atomic E-state index is 14.8. The first-order valence-corrected chi connectivity index (χ1v) is 10.6. The number of carbonyl (C=O) groups excluding carboxylic acids is 1. The third kappa shape index (κ3) is 4.36. The SMILES string of the molecule is CC[C@@H](C)n1cc(-c2ccc(NC(=O)C3(c4ccc(C(F)(F)F)cc4F)CC3)cc2F)cn1. The first-order valence-electron chi connectivity index (χ1n) is 10.6. The van der Waals surface area contributed by atoms with Crippen LogP contribution in [0.25, 0.3) is 11.1 Å². The lowest BCUT2D eigenvalue weighted by molar-refractivity contribution is -0.137. The molecule has 4 nitrogen and oxygen atoms in total. The molecule has 1 fully saturated rings. The molecule has 0 bridgehead atoms. The van der Waals surface area contributed by atoms with Crippen molar-refractivity contribution >= 4 is 11.6 Å². The lowest BCUT2D eigenvalue weighted by Crippen LogP contribution is -2.29. The number of nitrogens with one attached hydrogen (secondary N) is 1. The molecule has 1 aliphatic rings. The van der Waals surface area contributed by atoms with Gasteiger partial charge >= 0.3 is 6.18 Å². The minimum atomic E-state index is -4.68. The summed E-state index contributed by atoms with van der Waals surface area (Å²) in [6, 6.07) is 6.53. The van der Waals surface area contributed by atoms with Crippen LogP contribution < -0.4 is 5.32 Å². The molecule has 0 saturated heterocycles. The second-order valence-electron chi connectivity index (χ2n) is 8.39. The number of anilines is 1. The Hall–Kier alpha value is -3.23. The average molecular weight is 463 g/mol. The fourth-order valence-electron chi connectivity index (χ4n) is 3.81. The number of aromatic nitrogens is 2. The summed E-state index contributed by atoms with van der Waals surface area (Å²) in [6.45, 7) is 4.02. The van der Waals surface area contributed by atoms with E-state index in [1.807, 2.05) is 13.8 Å². The van der Waals surface area contributed by atoms with Crippen LogP contribution in [0.15, 0.2) is 48.8 Å². The molecular formula is C24H22F5N3O. The van der Waals surface area contributed by atoms with Gasteiger partial charge in [0.25, 0.3) is 0 Å². The van der Waals surface area contributed by atoms with Crippen molar-refractivity contribution in [2.24, 2.45) is 0 Å². The first kappa shape index (κ1) is 22.9. The Morgan fingerprint density at radius 1 is 1.15 bits per heavy atom. The molecule has 4 rings (SSSR count). The highest BCUT2D eigenvalue weighted by Crippen LogP contribution is 2.50. The molecule has 2 aromatic carbocycles. The molecule has 9 heteroatoms. The molecule has 1 aromatic heterocycles. The summed E-state index contributed by atoms with van der Waals surface area (Å²) in [5, 5.41) is 6.83. The van der Waals surface area contributed by atoms with E-state index >= 15 is 0 Å². The number of nitrogens with zero attached hydrogens (tertiary/aromatic N) is 2. The molecule has 33 heavy (non-hydrogen) atoms. The van der Waals surface area contributed by atoms with E-state index in [4.69, 9.17) is 0 Å². The quantitative estimate of drug-likeness (QED) is 0.425. The maximum absolute atomic E-state index is 14.8. The van der Waals surface area contributed by atoms with E-state index in [0.29, 0.717) is 17.2 Å². The molecule has 3 aromatic rings. The zero-order valence-corrected chi connectivity index (χ0v) is 18.0. The van der Waals surface area contributed by atoms with Crippen LogP contribution in [0, 0.1) is 11.6 Å². The van der Waals surface area contributed by atoms with Gasteiger partial charge in [-0.05, 0) is 56.5 Å². The number of hydrogen-bond acceptors (Lipinski definition) is 2. The Bertz CT molecular complexity index is 1200. The van der Waals surface area contributed by atoms with Crippen LogP contribution in [-0.4, -0.2) is 15.7 Å². The van der Waals surface area contributed by atoms with Crippen molar-refractivity contribution in [3.8, 4) is 11.1 Å². The number of halogens is 5. The highest BCUT2D eigenvalue weighted by Gasteiger charge is 2.53. The highest BCUT2D eigenvalue weighted by molar-refractivity contribution is 6.01. The molecule has 1 N–H and O–H groups in total. The van der Waals surface area contributed by atoms with Crippen molar-refractivity contribution in [2.75, 3.05) is 5.32 Å². The molecule has 1 amide bonds. The normalized spacial score (nSPS) is 15.8. The Labute approximate surface area is 187 Å². The van der Waals surface area contributed by atoms with Crippen LogP contribution in [0.5, 0.6) is 0 Å². The molecule has 0 aliphatic heterocycles. The largest absolute Gasteiger partial charge is 0.416 e. The van der Waals surface area contributed by atoms with Gasteiger partial charge in [0.15, 0.2) is 0 Å². The van der Waals surface area contributed by atoms with Crippen molar-refractivity contribution in [1.29, 1.82) is 0 Å². The van der Waals surface area contributed by atoms with Crippen LogP contribution in [0.4, 0.5) is 27.6 Å². The predicted octanol–water partition coefficient (Wildman–Crippen LogP) is 6.49. The van der Waals surface area contributed by atoms with Gasteiger partial charge in [0.2, 0.25) is 5.91 Å².